The van der Waals surface area contributed by atoms with E-state index in [0.717, 1.165) is 42.1 Å². The highest BCUT2D eigenvalue weighted by Crippen LogP contribution is 2.33. The fourth-order valence-electron chi connectivity index (χ4n) is 5.34. The van der Waals surface area contributed by atoms with Crippen LogP contribution >= 0.6 is 11.6 Å². The van der Waals surface area contributed by atoms with Gasteiger partial charge in [-0.3, -0.25) is 9.59 Å². The van der Waals surface area contributed by atoms with E-state index >= 15 is 0 Å². The number of fused-ring (bicyclic) bond motifs is 3. The molecule has 2 aliphatic rings. The SMILES string of the molecule is C[C@@]1(C(=O)NC2CCCCC2)Cn2c(cc3ccccc32)C(=O)N1CCc1ccc(Cl)cc1. The maximum atomic E-state index is 13.8. The van der Waals surface area contributed by atoms with E-state index in [1.54, 1.807) is 4.90 Å². The Kier molecular flexibility index (Phi) is 5.92. The topological polar surface area (TPSA) is 54.3 Å². The third-order valence-corrected chi connectivity index (χ3v) is 7.56. The van der Waals surface area contributed by atoms with Crippen LogP contribution in [0.15, 0.2) is 54.6 Å². The Balaban J connectivity index is 1.48. The van der Waals surface area contributed by atoms with Gasteiger partial charge in [0.25, 0.3) is 5.91 Å². The lowest BCUT2D eigenvalue weighted by Gasteiger charge is -2.45. The lowest BCUT2D eigenvalue weighted by atomic mass is 9.91. The van der Waals surface area contributed by atoms with E-state index in [1.807, 2.05) is 66.1 Å². The van der Waals surface area contributed by atoms with Crippen molar-refractivity contribution >= 4 is 34.3 Å². The van der Waals surface area contributed by atoms with E-state index in [9.17, 15) is 9.59 Å². The molecule has 1 aliphatic heterocycles. The Labute approximate surface area is 199 Å². The molecule has 1 saturated carbocycles. The minimum atomic E-state index is -0.963. The Morgan fingerprint density at radius 3 is 2.58 bits per heavy atom. The Hall–Kier alpha value is -2.79. The van der Waals surface area contributed by atoms with E-state index < -0.39 is 5.54 Å². The summed E-state index contributed by atoms with van der Waals surface area (Å²) >= 11 is 6.04. The quantitative estimate of drug-likeness (QED) is 0.565. The van der Waals surface area contributed by atoms with Crippen LogP contribution in [-0.4, -0.2) is 39.4 Å². The normalized spacial score (nSPS) is 21.3. The van der Waals surface area contributed by atoms with Crippen LogP contribution in [0, 0.1) is 0 Å². The molecule has 6 heteroatoms. The second kappa shape index (κ2) is 8.86. The number of hydrogen-bond acceptors (Lipinski definition) is 2. The lowest BCUT2D eigenvalue weighted by molar-refractivity contribution is -0.133. The van der Waals surface area contributed by atoms with E-state index in [4.69, 9.17) is 11.6 Å². The highest BCUT2D eigenvalue weighted by Gasteiger charge is 2.47. The van der Waals surface area contributed by atoms with Crippen molar-refractivity contribution in [1.82, 2.24) is 14.8 Å². The Bertz CT molecular complexity index is 1180. The van der Waals surface area contributed by atoms with Crippen LogP contribution in [0.2, 0.25) is 5.02 Å². The van der Waals surface area contributed by atoms with Crippen LogP contribution in [0.3, 0.4) is 0 Å². The molecule has 2 heterocycles. The van der Waals surface area contributed by atoms with Crippen LogP contribution in [0.4, 0.5) is 0 Å². The maximum Gasteiger partial charge on any atom is 0.271 e. The van der Waals surface area contributed by atoms with Gasteiger partial charge in [-0.2, -0.15) is 0 Å². The first-order chi connectivity index (χ1) is 16.0. The number of carbonyl (C=O) groups is 2. The van der Waals surface area contributed by atoms with Crippen molar-refractivity contribution in [3.05, 3.63) is 70.9 Å². The van der Waals surface area contributed by atoms with Crippen LogP contribution in [0.1, 0.15) is 55.1 Å². The number of halogens is 1. The summed E-state index contributed by atoms with van der Waals surface area (Å²) in [7, 11) is 0. The number of para-hydroxylation sites is 1. The summed E-state index contributed by atoms with van der Waals surface area (Å²) in [5, 5.41) is 5.01. The van der Waals surface area contributed by atoms with Crippen molar-refractivity contribution in [3.8, 4) is 0 Å². The zero-order chi connectivity index (χ0) is 23.0. The van der Waals surface area contributed by atoms with Crippen molar-refractivity contribution in [3.63, 3.8) is 0 Å². The molecule has 2 aromatic carbocycles. The first-order valence-electron chi connectivity index (χ1n) is 11.9. The van der Waals surface area contributed by atoms with Crippen LogP contribution in [-0.2, 0) is 17.8 Å². The number of nitrogens with one attached hydrogen (secondary N) is 1. The Morgan fingerprint density at radius 1 is 1.09 bits per heavy atom. The minimum Gasteiger partial charge on any atom is -0.351 e. The highest BCUT2D eigenvalue weighted by atomic mass is 35.5. The molecular weight excluding hydrogens is 434 g/mol. The molecule has 0 bridgehead atoms. The summed E-state index contributed by atoms with van der Waals surface area (Å²) < 4.78 is 2.02. The predicted molar refractivity (Wildman–Crippen MR) is 132 cm³/mol. The van der Waals surface area contributed by atoms with Crippen molar-refractivity contribution in [2.75, 3.05) is 6.54 Å². The molecule has 0 spiro atoms. The number of carbonyl (C=O) groups excluding carboxylic acids is 2. The lowest BCUT2D eigenvalue weighted by Crippen LogP contribution is -2.65. The smallest absolute Gasteiger partial charge is 0.271 e. The molecule has 0 saturated heterocycles. The summed E-state index contributed by atoms with van der Waals surface area (Å²) in [4.78, 5) is 29.3. The molecule has 0 unspecified atom stereocenters. The van der Waals surface area contributed by atoms with Gasteiger partial charge in [0.15, 0.2) is 0 Å². The molecule has 5 nitrogen and oxygen atoms in total. The minimum absolute atomic E-state index is 0.0534. The molecule has 1 fully saturated rings. The summed E-state index contributed by atoms with van der Waals surface area (Å²) in [6.45, 7) is 2.83. The number of rotatable bonds is 5. The van der Waals surface area contributed by atoms with Gasteiger partial charge in [-0.25, -0.2) is 0 Å². The molecule has 33 heavy (non-hydrogen) atoms. The van der Waals surface area contributed by atoms with Crippen LogP contribution in [0.25, 0.3) is 10.9 Å². The zero-order valence-electron chi connectivity index (χ0n) is 19.0. The molecule has 1 aliphatic carbocycles. The third-order valence-electron chi connectivity index (χ3n) is 7.30. The van der Waals surface area contributed by atoms with Crippen molar-refractivity contribution in [2.45, 2.75) is 63.6 Å². The number of aromatic nitrogens is 1. The van der Waals surface area contributed by atoms with Crippen molar-refractivity contribution < 1.29 is 9.59 Å². The molecule has 1 N–H and O–H groups in total. The highest BCUT2D eigenvalue weighted by molar-refractivity contribution is 6.30. The fraction of sp³-hybridized carbons (Fsp3) is 0.407. The molecule has 1 atom stereocenters. The first kappa shape index (κ1) is 22.0. The van der Waals surface area contributed by atoms with Gasteiger partial charge < -0.3 is 14.8 Å². The molecule has 5 rings (SSSR count). The number of amides is 2. The van der Waals surface area contributed by atoms with Crippen molar-refractivity contribution in [1.29, 1.82) is 0 Å². The third kappa shape index (κ3) is 4.15. The van der Waals surface area contributed by atoms with Crippen molar-refractivity contribution in [2.24, 2.45) is 0 Å². The van der Waals surface area contributed by atoms with E-state index in [1.165, 1.54) is 6.42 Å². The standard InChI is InChI=1S/C27H30ClN3O2/c1-27(26(33)29-22-8-3-2-4-9-22)18-30-23-10-6-5-7-20(23)17-24(30)25(32)31(27)16-15-19-11-13-21(28)14-12-19/h5-7,10-14,17,22H,2-4,8-9,15-16,18H2,1H3,(H,29,33)/t27-/m0/s1. The second-order valence-corrected chi connectivity index (χ2v) is 10.0. The summed E-state index contributed by atoms with van der Waals surface area (Å²) in [5.41, 5.74) is 1.77. The van der Waals surface area contributed by atoms with E-state index in [-0.39, 0.29) is 17.9 Å². The molecule has 0 radical (unpaired) electrons. The van der Waals surface area contributed by atoms with Gasteiger partial charge in [0, 0.05) is 28.5 Å². The average molecular weight is 464 g/mol. The second-order valence-electron chi connectivity index (χ2n) is 9.59. The average Bonchev–Trinajstić information content (AvgIpc) is 3.19. The molecule has 1 aromatic heterocycles. The summed E-state index contributed by atoms with van der Waals surface area (Å²) in [5.74, 6) is -0.144. The molecule has 172 valence electrons. The van der Waals surface area contributed by atoms with Gasteiger partial charge >= 0.3 is 0 Å². The number of hydrogen-bond donors (Lipinski definition) is 1. The van der Waals surface area contributed by atoms with E-state index in [0.29, 0.717) is 30.2 Å². The van der Waals surface area contributed by atoms with Gasteiger partial charge in [0.2, 0.25) is 5.91 Å². The molecule has 2 amide bonds. The van der Waals surface area contributed by atoms with Crippen LogP contribution in [0.5, 0.6) is 0 Å². The van der Waals surface area contributed by atoms with Gasteiger partial charge in [-0.1, -0.05) is 61.2 Å². The Morgan fingerprint density at radius 2 is 1.82 bits per heavy atom. The number of nitrogens with zero attached hydrogens (tertiary/aromatic N) is 2. The monoisotopic (exact) mass is 463 g/mol. The molecule has 3 aromatic rings. The zero-order valence-corrected chi connectivity index (χ0v) is 19.8. The molecular formula is C27H30ClN3O2. The van der Waals surface area contributed by atoms with E-state index in [2.05, 4.69) is 5.32 Å². The first-order valence-corrected chi connectivity index (χ1v) is 12.3. The summed E-state index contributed by atoms with van der Waals surface area (Å²) in [6.07, 6.45) is 6.21. The maximum absolute atomic E-state index is 13.8. The van der Waals surface area contributed by atoms with Gasteiger partial charge in [-0.15, -0.1) is 0 Å². The summed E-state index contributed by atoms with van der Waals surface area (Å²) in [6, 6.07) is 17.8. The predicted octanol–water partition coefficient (Wildman–Crippen LogP) is 5.20. The van der Waals surface area contributed by atoms with Gasteiger partial charge in [0.1, 0.15) is 11.2 Å². The fourth-order valence-corrected chi connectivity index (χ4v) is 5.46. The van der Waals surface area contributed by atoms with Crippen LogP contribution < -0.4 is 5.32 Å². The van der Waals surface area contributed by atoms with Gasteiger partial charge in [0.05, 0.1) is 6.54 Å². The number of benzene rings is 2. The largest absolute Gasteiger partial charge is 0.351 e. The van der Waals surface area contributed by atoms with Gasteiger partial charge in [-0.05, 0) is 56.0 Å².